The normalized spacial score (nSPS) is 16.4. The summed E-state index contributed by atoms with van der Waals surface area (Å²) in [6, 6.07) is 6.64. The summed E-state index contributed by atoms with van der Waals surface area (Å²) in [7, 11) is 1.36. The van der Waals surface area contributed by atoms with Gasteiger partial charge in [-0.15, -0.1) is 12.4 Å². The van der Waals surface area contributed by atoms with Gasteiger partial charge < -0.3 is 15.8 Å². The minimum atomic E-state index is -0.883. The van der Waals surface area contributed by atoms with Gasteiger partial charge in [0.05, 0.1) is 7.11 Å². The Morgan fingerprint density at radius 3 is 2.24 bits per heavy atom. The monoisotopic (exact) mass is 312 g/mol. The lowest BCUT2D eigenvalue weighted by molar-refractivity contribution is -0.149. The second kappa shape index (κ2) is 7.31. The van der Waals surface area contributed by atoms with Crippen LogP contribution in [0.25, 0.3) is 0 Å². The Kier molecular flexibility index (Phi) is 6.03. The Bertz CT molecular complexity index is 496. The molecule has 1 fully saturated rings. The average molecular weight is 313 g/mol. The van der Waals surface area contributed by atoms with Crippen molar-refractivity contribution in [2.45, 2.75) is 37.6 Å². The highest BCUT2D eigenvalue weighted by Crippen LogP contribution is 2.29. The van der Waals surface area contributed by atoms with Gasteiger partial charge in [-0.05, 0) is 37.1 Å². The third-order valence-corrected chi connectivity index (χ3v) is 3.81. The molecule has 1 aliphatic rings. The van der Waals surface area contributed by atoms with Crippen molar-refractivity contribution in [2.24, 2.45) is 0 Å². The van der Waals surface area contributed by atoms with E-state index in [1.54, 1.807) is 24.3 Å². The molecule has 0 heterocycles. The first-order valence-corrected chi connectivity index (χ1v) is 6.84. The standard InChI is InChI=1S/C15H20N2O3.ClH/c1-20-14(19)15(9-3-2-4-10-15)17-13(18)11-5-7-12(16)8-6-11;/h5-8H,2-4,9-10,16H2,1H3,(H,17,18);1H. The fourth-order valence-corrected chi connectivity index (χ4v) is 2.65. The number of hydrogen-bond donors (Lipinski definition) is 2. The minimum Gasteiger partial charge on any atom is -0.467 e. The molecule has 1 aromatic rings. The molecule has 0 unspecified atom stereocenters. The highest BCUT2D eigenvalue weighted by atomic mass is 35.5. The molecule has 0 saturated heterocycles. The first-order chi connectivity index (χ1) is 9.57. The van der Waals surface area contributed by atoms with Crippen molar-refractivity contribution in [2.75, 3.05) is 12.8 Å². The number of ether oxygens (including phenoxy) is 1. The number of methoxy groups -OCH3 is 1. The molecule has 0 bridgehead atoms. The van der Waals surface area contributed by atoms with E-state index in [9.17, 15) is 9.59 Å². The van der Waals surface area contributed by atoms with Crippen LogP contribution in [-0.4, -0.2) is 24.5 Å². The summed E-state index contributed by atoms with van der Waals surface area (Å²) in [5, 5.41) is 2.86. The third-order valence-electron chi connectivity index (χ3n) is 3.81. The fraction of sp³-hybridized carbons (Fsp3) is 0.467. The van der Waals surface area contributed by atoms with E-state index in [1.165, 1.54) is 7.11 Å². The van der Waals surface area contributed by atoms with Gasteiger partial charge in [0.2, 0.25) is 0 Å². The highest BCUT2D eigenvalue weighted by Gasteiger charge is 2.42. The first kappa shape index (κ1) is 17.3. The molecule has 1 aliphatic carbocycles. The van der Waals surface area contributed by atoms with Crippen molar-refractivity contribution in [3.05, 3.63) is 29.8 Å². The van der Waals surface area contributed by atoms with Gasteiger partial charge in [0, 0.05) is 11.3 Å². The number of benzene rings is 1. The second-order valence-electron chi connectivity index (χ2n) is 5.21. The number of nitrogens with one attached hydrogen (secondary N) is 1. The lowest BCUT2D eigenvalue weighted by atomic mass is 9.81. The summed E-state index contributed by atoms with van der Waals surface area (Å²) in [5.74, 6) is -0.627. The Hall–Kier alpha value is -1.75. The Morgan fingerprint density at radius 2 is 1.71 bits per heavy atom. The highest BCUT2D eigenvalue weighted by molar-refractivity contribution is 5.98. The minimum absolute atomic E-state index is 0. The summed E-state index contributed by atoms with van der Waals surface area (Å²) in [6.07, 6.45) is 4.16. The number of anilines is 1. The van der Waals surface area contributed by atoms with E-state index in [0.717, 1.165) is 19.3 Å². The van der Waals surface area contributed by atoms with Gasteiger partial charge >= 0.3 is 5.97 Å². The van der Waals surface area contributed by atoms with Gasteiger partial charge in [-0.1, -0.05) is 19.3 Å². The van der Waals surface area contributed by atoms with Gasteiger partial charge in [0.25, 0.3) is 5.91 Å². The molecule has 1 amide bonds. The summed E-state index contributed by atoms with van der Waals surface area (Å²) in [6.45, 7) is 0. The molecule has 6 heteroatoms. The maximum Gasteiger partial charge on any atom is 0.331 e. The van der Waals surface area contributed by atoms with Gasteiger partial charge in [0.15, 0.2) is 0 Å². The maximum absolute atomic E-state index is 12.3. The molecule has 1 aromatic carbocycles. The number of carbonyl (C=O) groups is 2. The van der Waals surface area contributed by atoms with Crippen molar-refractivity contribution in [3.63, 3.8) is 0 Å². The van der Waals surface area contributed by atoms with Crippen molar-refractivity contribution in [3.8, 4) is 0 Å². The zero-order valence-corrected chi connectivity index (χ0v) is 12.9. The van der Waals surface area contributed by atoms with Crippen LogP contribution in [0.5, 0.6) is 0 Å². The van der Waals surface area contributed by atoms with E-state index < -0.39 is 5.54 Å². The lowest BCUT2D eigenvalue weighted by Crippen LogP contribution is -2.56. The van der Waals surface area contributed by atoms with Crippen molar-refractivity contribution in [1.29, 1.82) is 0 Å². The topological polar surface area (TPSA) is 81.4 Å². The van der Waals surface area contributed by atoms with Crippen LogP contribution >= 0.6 is 12.4 Å². The fourth-order valence-electron chi connectivity index (χ4n) is 2.65. The number of esters is 1. The maximum atomic E-state index is 12.3. The first-order valence-electron chi connectivity index (χ1n) is 6.84. The van der Waals surface area contributed by atoms with Crippen LogP contribution < -0.4 is 11.1 Å². The Labute approximate surface area is 130 Å². The second-order valence-corrected chi connectivity index (χ2v) is 5.21. The van der Waals surface area contributed by atoms with Crippen LogP contribution in [0.15, 0.2) is 24.3 Å². The SMILES string of the molecule is COC(=O)C1(NC(=O)c2ccc(N)cc2)CCCCC1.Cl. The third kappa shape index (κ3) is 3.88. The lowest BCUT2D eigenvalue weighted by Gasteiger charge is -2.35. The van der Waals surface area contributed by atoms with Gasteiger partial charge in [-0.2, -0.15) is 0 Å². The molecule has 2 rings (SSSR count). The van der Waals surface area contributed by atoms with Gasteiger partial charge in [0.1, 0.15) is 5.54 Å². The number of amides is 1. The molecule has 3 N–H and O–H groups in total. The van der Waals surface area contributed by atoms with Crippen molar-refractivity contribution in [1.82, 2.24) is 5.32 Å². The summed E-state index contributed by atoms with van der Waals surface area (Å²) in [4.78, 5) is 24.3. The zero-order valence-electron chi connectivity index (χ0n) is 12.1. The average Bonchev–Trinajstić information content (AvgIpc) is 2.48. The number of carbonyl (C=O) groups excluding carboxylic acids is 2. The van der Waals surface area contributed by atoms with Gasteiger partial charge in [-0.3, -0.25) is 4.79 Å². The molecule has 0 spiro atoms. The van der Waals surface area contributed by atoms with E-state index >= 15 is 0 Å². The zero-order chi connectivity index (χ0) is 14.6. The largest absolute Gasteiger partial charge is 0.467 e. The predicted molar refractivity (Wildman–Crippen MR) is 83.4 cm³/mol. The van der Waals surface area contributed by atoms with Crippen LogP contribution in [0, 0.1) is 0 Å². The molecule has 0 atom stereocenters. The van der Waals surface area contributed by atoms with Crippen LogP contribution in [0.4, 0.5) is 5.69 Å². The number of halogens is 1. The molecule has 116 valence electrons. The van der Waals surface area contributed by atoms with Crippen LogP contribution in [0.1, 0.15) is 42.5 Å². The molecule has 5 nitrogen and oxygen atoms in total. The van der Waals surface area contributed by atoms with E-state index in [0.29, 0.717) is 24.1 Å². The van der Waals surface area contributed by atoms with Crippen LogP contribution in [0.3, 0.4) is 0 Å². The molecule has 1 saturated carbocycles. The molecular formula is C15H21ClN2O3. The van der Waals surface area contributed by atoms with Crippen molar-refractivity contribution >= 4 is 30.0 Å². The summed E-state index contributed by atoms with van der Waals surface area (Å²) in [5.41, 5.74) is 5.81. The smallest absolute Gasteiger partial charge is 0.331 e. The van der Waals surface area contributed by atoms with E-state index in [2.05, 4.69) is 5.32 Å². The number of nitrogens with two attached hydrogens (primary N) is 1. The summed E-state index contributed by atoms with van der Waals surface area (Å²) >= 11 is 0. The molecule has 0 aliphatic heterocycles. The van der Waals surface area contributed by atoms with Gasteiger partial charge in [-0.25, -0.2) is 4.79 Å². The van der Waals surface area contributed by atoms with E-state index in [-0.39, 0.29) is 24.3 Å². The molecule has 21 heavy (non-hydrogen) atoms. The van der Waals surface area contributed by atoms with Crippen LogP contribution in [-0.2, 0) is 9.53 Å². The van der Waals surface area contributed by atoms with Crippen molar-refractivity contribution < 1.29 is 14.3 Å². The number of rotatable bonds is 3. The number of hydrogen-bond acceptors (Lipinski definition) is 4. The molecular weight excluding hydrogens is 292 g/mol. The molecule has 0 aromatic heterocycles. The predicted octanol–water partition coefficient (Wildman–Crippen LogP) is 2.30. The Morgan fingerprint density at radius 1 is 1.14 bits per heavy atom. The number of nitrogen functional groups attached to an aromatic ring is 1. The van der Waals surface area contributed by atoms with E-state index in [1.807, 2.05) is 0 Å². The van der Waals surface area contributed by atoms with Crippen LogP contribution in [0.2, 0.25) is 0 Å². The Balaban J connectivity index is 0.00000220. The summed E-state index contributed by atoms with van der Waals surface area (Å²) < 4.78 is 4.88. The van der Waals surface area contributed by atoms with E-state index in [4.69, 9.17) is 10.5 Å². The molecule has 0 radical (unpaired) electrons. The quantitative estimate of drug-likeness (QED) is 0.663.